The van der Waals surface area contributed by atoms with Gasteiger partial charge < -0.3 is 34.2 Å². The lowest BCUT2D eigenvalue weighted by Crippen LogP contribution is -2.70. The molecule has 0 saturated heterocycles. The molecule has 0 bridgehead atoms. The molecule has 0 radical (unpaired) electrons. The summed E-state index contributed by atoms with van der Waals surface area (Å²) in [6, 6.07) is 20.2. The Morgan fingerprint density at radius 1 is 0.864 bits per heavy atom. The standard InChI is InChI=1S/C57H80N2O7/c1-7-10-11-12-13-14-15-16-17-31-53(62)59(41-44-28-24-27-42-25-18-19-29-46(42)44)52-40-50(58-66-56(4,5)6)48-38-43(26-20-22-34-60)47(30-21-23-35-61)54-49-39-45(63-36-8-2)32-33-51(49)65-57(52,55(48)54)64-37-9-3/h8-9,18-19,24-25,27-29,32-33,38-39,43,47,52,54-55,60-61H,2-3,7,10-17,20-23,26,30-31,34-37,40-41H2,1,4-6H3. The summed E-state index contributed by atoms with van der Waals surface area (Å²) in [6.45, 7) is 17.5. The van der Waals surface area contributed by atoms with Crippen LogP contribution in [0.2, 0.25) is 0 Å². The quantitative estimate of drug-likeness (QED) is 0.0424. The van der Waals surface area contributed by atoms with Crippen LogP contribution in [0.15, 0.2) is 103 Å². The number of nitrogens with zero attached hydrogens (tertiary/aromatic N) is 2. The molecule has 2 N–H and O–H groups in total. The number of benzene rings is 3. The summed E-state index contributed by atoms with van der Waals surface area (Å²) < 4.78 is 21.0. The first-order valence-electron chi connectivity index (χ1n) is 25.4. The van der Waals surface area contributed by atoms with Crippen molar-refractivity contribution in [3.63, 3.8) is 0 Å². The van der Waals surface area contributed by atoms with Crippen molar-refractivity contribution in [2.75, 3.05) is 26.4 Å². The van der Waals surface area contributed by atoms with Crippen LogP contribution < -0.4 is 9.47 Å². The number of carbonyl (C=O) groups is 1. The molecule has 9 heteroatoms. The van der Waals surface area contributed by atoms with Crippen molar-refractivity contribution in [1.29, 1.82) is 0 Å². The Morgan fingerprint density at radius 3 is 2.27 bits per heavy atom. The van der Waals surface area contributed by atoms with Gasteiger partial charge in [0.05, 0.1) is 18.2 Å². The highest BCUT2D eigenvalue weighted by atomic mass is 16.7. The highest BCUT2D eigenvalue weighted by molar-refractivity contribution is 6.03. The van der Waals surface area contributed by atoms with Gasteiger partial charge in [0.1, 0.15) is 29.7 Å². The number of aliphatic hydroxyl groups excluding tert-OH is 2. The minimum Gasteiger partial charge on any atom is -0.490 e. The molecule has 1 saturated carbocycles. The number of oxime groups is 1. The van der Waals surface area contributed by atoms with Crippen molar-refractivity contribution >= 4 is 22.4 Å². The van der Waals surface area contributed by atoms with E-state index in [1.165, 1.54) is 38.5 Å². The molecule has 1 fully saturated rings. The summed E-state index contributed by atoms with van der Waals surface area (Å²) in [4.78, 5) is 23.9. The summed E-state index contributed by atoms with van der Waals surface area (Å²) >= 11 is 0. The van der Waals surface area contributed by atoms with Crippen molar-refractivity contribution in [3.8, 4) is 11.5 Å². The summed E-state index contributed by atoms with van der Waals surface area (Å²) in [5, 5.41) is 27.3. The molecule has 0 spiro atoms. The first kappa shape index (κ1) is 51.0. The van der Waals surface area contributed by atoms with Gasteiger partial charge in [0, 0.05) is 44.1 Å². The van der Waals surface area contributed by atoms with Crippen LogP contribution in [-0.2, 0) is 20.9 Å². The lowest BCUT2D eigenvalue weighted by molar-refractivity contribution is -0.258. The fourth-order valence-corrected chi connectivity index (χ4v) is 10.8. The van der Waals surface area contributed by atoms with E-state index < -0.39 is 23.3 Å². The molecule has 1 amide bonds. The first-order valence-corrected chi connectivity index (χ1v) is 25.4. The van der Waals surface area contributed by atoms with Crippen molar-refractivity contribution in [3.05, 3.63) is 109 Å². The fourth-order valence-electron chi connectivity index (χ4n) is 10.8. The van der Waals surface area contributed by atoms with Gasteiger partial charge in [-0.05, 0) is 105 Å². The number of rotatable bonds is 28. The topological polar surface area (TPSA) is 110 Å². The Balaban J connectivity index is 1.54. The van der Waals surface area contributed by atoms with Crippen molar-refractivity contribution < 1.29 is 34.1 Å². The molecule has 1 heterocycles. The molecule has 3 aromatic rings. The predicted octanol–water partition coefficient (Wildman–Crippen LogP) is 12.8. The molecule has 0 aromatic heterocycles. The van der Waals surface area contributed by atoms with Crippen LogP contribution in [-0.4, -0.2) is 70.6 Å². The van der Waals surface area contributed by atoms with Gasteiger partial charge in [-0.3, -0.25) is 4.79 Å². The van der Waals surface area contributed by atoms with E-state index in [2.05, 4.69) is 79.6 Å². The third-order valence-electron chi connectivity index (χ3n) is 13.9. The molecular formula is C57H80N2O7. The van der Waals surface area contributed by atoms with Crippen LogP contribution in [0.3, 0.4) is 0 Å². The van der Waals surface area contributed by atoms with Gasteiger partial charge in [0.2, 0.25) is 11.7 Å². The summed E-state index contributed by atoms with van der Waals surface area (Å²) in [7, 11) is 0. The number of amides is 1. The van der Waals surface area contributed by atoms with Crippen LogP contribution >= 0.6 is 0 Å². The average Bonchev–Trinajstić information content (AvgIpc) is 3.31. The number of hydrogen-bond acceptors (Lipinski definition) is 8. The van der Waals surface area contributed by atoms with Crippen molar-refractivity contribution in [2.24, 2.45) is 22.9 Å². The monoisotopic (exact) mass is 905 g/mol. The average molecular weight is 905 g/mol. The normalized spacial score (nSPS) is 22.8. The number of allylic oxidation sites excluding steroid dienone is 1. The van der Waals surface area contributed by atoms with E-state index in [4.69, 9.17) is 24.2 Å². The number of aliphatic hydroxyl groups is 2. The molecule has 6 atom stereocenters. The molecule has 1 aliphatic heterocycles. The number of hydrogen-bond donors (Lipinski definition) is 2. The smallest absolute Gasteiger partial charge is 0.239 e. The van der Waals surface area contributed by atoms with E-state index in [9.17, 15) is 10.2 Å². The molecule has 9 nitrogen and oxygen atoms in total. The highest BCUT2D eigenvalue weighted by Crippen LogP contribution is 2.62. The Morgan fingerprint density at radius 2 is 1.56 bits per heavy atom. The second kappa shape index (κ2) is 25.1. The zero-order valence-electron chi connectivity index (χ0n) is 40.7. The number of unbranched alkanes of at least 4 members (excludes halogenated alkanes) is 10. The summed E-state index contributed by atoms with van der Waals surface area (Å²) in [5.74, 6) is -0.137. The number of fused-ring (bicyclic) bond motifs is 3. The minimum absolute atomic E-state index is 0.0669. The van der Waals surface area contributed by atoms with Gasteiger partial charge in [-0.2, -0.15) is 0 Å². The SMILES string of the molecule is C=CCOc1ccc2c(c1)C1C(CCCCO)C(CCCCO)C=C3C(=NOC(C)(C)C)CC(N(Cc4cccc5ccccc45)C(=O)CCCCCCCCCCC)C(OCC=C)(O2)C31. The summed E-state index contributed by atoms with van der Waals surface area (Å²) in [5.41, 5.74) is 3.35. The number of ether oxygens (including phenoxy) is 3. The molecule has 360 valence electrons. The van der Waals surface area contributed by atoms with E-state index in [1.54, 1.807) is 12.2 Å². The zero-order chi connectivity index (χ0) is 46.9. The van der Waals surface area contributed by atoms with Crippen LogP contribution in [0, 0.1) is 17.8 Å². The van der Waals surface area contributed by atoms with Gasteiger partial charge in [-0.15, -0.1) is 6.58 Å². The maximum Gasteiger partial charge on any atom is 0.239 e. The molecule has 2 aliphatic carbocycles. The van der Waals surface area contributed by atoms with E-state index in [-0.39, 0.29) is 43.5 Å². The second-order valence-electron chi connectivity index (χ2n) is 19.8. The Kier molecular flexibility index (Phi) is 19.4. The minimum atomic E-state index is -1.34. The first-order chi connectivity index (χ1) is 32.1. The molecule has 66 heavy (non-hydrogen) atoms. The van der Waals surface area contributed by atoms with E-state index in [0.29, 0.717) is 44.6 Å². The Labute approximate surface area is 396 Å². The fraction of sp³-hybridized carbons (Fsp3) is 0.579. The van der Waals surface area contributed by atoms with Gasteiger partial charge in [0.15, 0.2) is 0 Å². The lowest BCUT2D eigenvalue weighted by Gasteiger charge is -2.60. The maximum atomic E-state index is 15.4. The molecular weight excluding hydrogens is 825 g/mol. The zero-order valence-corrected chi connectivity index (χ0v) is 40.7. The number of carbonyl (C=O) groups excluding carboxylic acids is 1. The third kappa shape index (κ3) is 12.8. The van der Waals surface area contributed by atoms with Crippen molar-refractivity contribution in [2.45, 2.75) is 167 Å². The van der Waals surface area contributed by atoms with Gasteiger partial charge >= 0.3 is 0 Å². The molecule has 6 unspecified atom stereocenters. The van der Waals surface area contributed by atoms with E-state index in [0.717, 1.165) is 83.9 Å². The van der Waals surface area contributed by atoms with Crippen LogP contribution in [0.4, 0.5) is 0 Å². The van der Waals surface area contributed by atoms with Gasteiger partial charge in [-0.25, -0.2) is 0 Å². The molecule has 3 aliphatic rings. The molecule has 3 aromatic carbocycles. The van der Waals surface area contributed by atoms with E-state index >= 15 is 4.79 Å². The van der Waals surface area contributed by atoms with Gasteiger partial charge in [-0.1, -0.05) is 144 Å². The Bertz CT molecular complexity index is 2080. The van der Waals surface area contributed by atoms with Crippen LogP contribution in [0.1, 0.15) is 154 Å². The van der Waals surface area contributed by atoms with Crippen LogP contribution in [0.25, 0.3) is 10.8 Å². The summed E-state index contributed by atoms with van der Waals surface area (Å²) in [6.07, 6.45) is 22.0. The van der Waals surface area contributed by atoms with Crippen molar-refractivity contribution in [1.82, 2.24) is 4.90 Å². The largest absolute Gasteiger partial charge is 0.490 e. The molecule has 6 rings (SSSR count). The Hall–Kier alpha value is -4.44. The third-order valence-corrected chi connectivity index (χ3v) is 13.9. The van der Waals surface area contributed by atoms with E-state index in [1.807, 2.05) is 32.9 Å². The lowest BCUT2D eigenvalue weighted by atomic mass is 9.55. The maximum absolute atomic E-state index is 15.4. The predicted molar refractivity (Wildman–Crippen MR) is 268 cm³/mol. The van der Waals surface area contributed by atoms with Gasteiger partial charge in [0.25, 0.3) is 0 Å². The highest BCUT2D eigenvalue weighted by Gasteiger charge is 2.65. The second-order valence-corrected chi connectivity index (χ2v) is 19.8. The van der Waals surface area contributed by atoms with Crippen LogP contribution in [0.5, 0.6) is 11.5 Å².